The molecule has 112 valence electrons. The van der Waals surface area contributed by atoms with Crippen LogP contribution in [0.15, 0.2) is 0 Å². The minimum atomic E-state index is -0.606. The summed E-state index contributed by atoms with van der Waals surface area (Å²) in [7, 11) is 0. The monoisotopic (exact) mass is 272 g/mol. The molecule has 0 aliphatic heterocycles. The molecule has 0 aromatic rings. The van der Waals surface area contributed by atoms with Gasteiger partial charge in [-0.25, -0.2) is 4.79 Å². The summed E-state index contributed by atoms with van der Waals surface area (Å²) in [6.45, 7) is 5.90. The Bertz CT molecular complexity index is 294. The van der Waals surface area contributed by atoms with E-state index in [-0.39, 0.29) is 0 Å². The van der Waals surface area contributed by atoms with Crippen molar-refractivity contribution in [1.29, 1.82) is 0 Å². The molecule has 1 atom stereocenters. The van der Waals surface area contributed by atoms with E-state index in [2.05, 4.69) is 5.32 Å². The molecular formula is C14H28N2O3. The highest BCUT2D eigenvalue weighted by molar-refractivity contribution is 5.69. The van der Waals surface area contributed by atoms with E-state index in [4.69, 9.17) is 10.5 Å². The predicted molar refractivity (Wildman–Crippen MR) is 74.9 cm³/mol. The van der Waals surface area contributed by atoms with Crippen LogP contribution in [-0.2, 0) is 4.74 Å². The van der Waals surface area contributed by atoms with Gasteiger partial charge in [0.25, 0.3) is 0 Å². The van der Waals surface area contributed by atoms with Crippen LogP contribution in [0.5, 0.6) is 0 Å². The van der Waals surface area contributed by atoms with Crippen molar-refractivity contribution in [2.24, 2.45) is 5.73 Å². The van der Waals surface area contributed by atoms with E-state index in [9.17, 15) is 9.90 Å². The molecular weight excluding hydrogens is 244 g/mol. The summed E-state index contributed by atoms with van der Waals surface area (Å²) in [5.41, 5.74) is 4.43. The van der Waals surface area contributed by atoms with Gasteiger partial charge in [0.1, 0.15) is 5.60 Å². The molecule has 0 spiro atoms. The number of amides is 1. The zero-order valence-electron chi connectivity index (χ0n) is 12.4. The number of carbonyl (C=O) groups excluding carboxylic acids is 1. The molecule has 1 aliphatic carbocycles. The summed E-state index contributed by atoms with van der Waals surface area (Å²) >= 11 is 0. The highest BCUT2D eigenvalue weighted by Crippen LogP contribution is 2.32. The van der Waals surface area contributed by atoms with Crippen molar-refractivity contribution in [3.05, 3.63) is 0 Å². The van der Waals surface area contributed by atoms with Gasteiger partial charge >= 0.3 is 6.09 Å². The number of rotatable bonds is 4. The minimum absolute atomic E-state index is 0.416. The van der Waals surface area contributed by atoms with Gasteiger partial charge in [-0.1, -0.05) is 19.3 Å². The first-order chi connectivity index (χ1) is 8.79. The molecule has 1 fully saturated rings. The van der Waals surface area contributed by atoms with Crippen molar-refractivity contribution in [3.8, 4) is 0 Å². The first kappa shape index (κ1) is 16.2. The zero-order chi connectivity index (χ0) is 14.5. The standard InChI is InChI=1S/C14H28N2O3/c1-13(2,3)19-12(18)16-14(11(17)7-10-15)8-5-4-6-9-14/h11,17H,4-10,15H2,1-3H3,(H,16,18)/t11-/m0/s1. The van der Waals surface area contributed by atoms with Crippen molar-refractivity contribution in [1.82, 2.24) is 5.32 Å². The second-order valence-electron chi connectivity index (χ2n) is 6.44. The molecule has 0 aromatic carbocycles. The van der Waals surface area contributed by atoms with Gasteiger partial charge in [0.2, 0.25) is 0 Å². The number of aliphatic hydroxyl groups excluding tert-OH is 1. The Morgan fingerprint density at radius 3 is 2.42 bits per heavy atom. The van der Waals surface area contributed by atoms with Crippen LogP contribution in [0.3, 0.4) is 0 Å². The molecule has 4 N–H and O–H groups in total. The second-order valence-corrected chi connectivity index (χ2v) is 6.44. The van der Waals surface area contributed by atoms with Gasteiger partial charge < -0.3 is 20.9 Å². The molecule has 1 amide bonds. The molecule has 1 aliphatic rings. The Hall–Kier alpha value is -0.810. The fraction of sp³-hybridized carbons (Fsp3) is 0.929. The van der Waals surface area contributed by atoms with Crippen molar-refractivity contribution in [2.45, 2.75) is 76.5 Å². The topological polar surface area (TPSA) is 84.6 Å². The molecule has 5 nitrogen and oxygen atoms in total. The number of nitrogens with one attached hydrogen (secondary N) is 1. The van der Waals surface area contributed by atoms with E-state index >= 15 is 0 Å². The molecule has 0 radical (unpaired) electrons. The lowest BCUT2D eigenvalue weighted by Gasteiger charge is -2.42. The van der Waals surface area contributed by atoms with Gasteiger partial charge in [-0.15, -0.1) is 0 Å². The first-order valence-corrected chi connectivity index (χ1v) is 7.18. The van der Waals surface area contributed by atoms with Gasteiger partial charge in [0.15, 0.2) is 0 Å². The molecule has 0 saturated heterocycles. The minimum Gasteiger partial charge on any atom is -0.444 e. The lowest BCUT2D eigenvalue weighted by molar-refractivity contribution is 0.00569. The van der Waals surface area contributed by atoms with Gasteiger partial charge in [-0.2, -0.15) is 0 Å². The first-order valence-electron chi connectivity index (χ1n) is 7.18. The van der Waals surface area contributed by atoms with Crippen LogP contribution in [0.4, 0.5) is 4.79 Å². The van der Waals surface area contributed by atoms with Crippen LogP contribution >= 0.6 is 0 Å². The third kappa shape index (κ3) is 4.99. The van der Waals surface area contributed by atoms with E-state index < -0.39 is 23.3 Å². The smallest absolute Gasteiger partial charge is 0.408 e. The molecule has 0 unspecified atom stereocenters. The van der Waals surface area contributed by atoms with E-state index in [1.165, 1.54) is 0 Å². The molecule has 0 heterocycles. The molecule has 1 saturated carbocycles. The maximum atomic E-state index is 12.0. The van der Waals surface area contributed by atoms with E-state index in [0.717, 1.165) is 32.1 Å². The molecule has 0 bridgehead atoms. The van der Waals surface area contributed by atoms with Crippen LogP contribution < -0.4 is 11.1 Å². The van der Waals surface area contributed by atoms with Crippen molar-refractivity contribution < 1.29 is 14.6 Å². The van der Waals surface area contributed by atoms with E-state index in [0.29, 0.717) is 13.0 Å². The van der Waals surface area contributed by atoms with Crippen molar-refractivity contribution >= 4 is 6.09 Å². The van der Waals surface area contributed by atoms with Crippen molar-refractivity contribution in [3.63, 3.8) is 0 Å². The number of hydrogen-bond acceptors (Lipinski definition) is 4. The van der Waals surface area contributed by atoms with Gasteiger partial charge in [-0.3, -0.25) is 0 Å². The van der Waals surface area contributed by atoms with Gasteiger partial charge in [-0.05, 0) is 46.6 Å². The summed E-state index contributed by atoms with van der Waals surface area (Å²) in [5.74, 6) is 0. The summed E-state index contributed by atoms with van der Waals surface area (Å²) < 4.78 is 5.30. The highest BCUT2D eigenvalue weighted by Gasteiger charge is 2.40. The quantitative estimate of drug-likeness (QED) is 0.730. The third-order valence-electron chi connectivity index (χ3n) is 3.57. The largest absolute Gasteiger partial charge is 0.444 e. The summed E-state index contributed by atoms with van der Waals surface area (Å²) in [4.78, 5) is 12.0. The fourth-order valence-corrected chi connectivity index (χ4v) is 2.67. The zero-order valence-corrected chi connectivity index (χ0v) is 12.4. The van der Waals surface area contributed by atoms with Crippen LogP contribution in [-0.4, -0.2) is 35.0 Å². The Balaban J connectivity index is 2.71. The Kier molecular flexibility index (Phi) is 5.62. The third-order valence-corrected chi connectivity index (χ3v) is 3.57. The van der Waals surface area contributed by atoms with Crippen LogP contribution in [0.2, 0.25) is 0 Å². The summed E-state index contributed by atoms with van der Waals surface area (Å²) in [6, 6.07) is 0. The maximum absolute atomic E-state index is 12.0. The van der Waals surface area contributed by atoms with Crippen LogP contribution in [0.25, 0.3) is 0 Å². The summed E-state index contributed by atoms with van der Waals surface area (Å²) in [6.07, 6.45) is 4.18. The van der Waals surface area contributed by atoms with Gasteiger partial charge in [0, 0.05) is 0 Å². The molecule has 1 rings (SSSR count). The maximum Gasteiger partial charge on any atom is 0.408 e. The lowest BCUT2D eigenvalue weighted by atomic mass is 9.76. The van der Waals surface area contributed by atoms with E-state index in [1.807, 2.05) is 20.8 Å². The van der Waals surface area contributed by atoms with Crippen molar-refractivity contribution in [2.75, 3.05) is 6.54 Å². The molecule has 19 heavy (non-hydrogen) atoms. The average molecular weight is 272 g/mol. The van der Waals surface area contributed by atoms with Crippen LogP contribution in [0, 0.1) is 0 Å². The average Bonchev–Trinajstić information content (AvgIpc) is 2.27. The van der Waals surface area contributed by atoms with E-state index in [1.54, 1.807) is 0 Å². The predicted octanol–water partition coefficient (Wildman–Crippen LogP) is 1.92. The normalized spacial score (nSPS) is 20.7. The second kappa shape index (κ2) is 6.57. The van der Waals surface area contributed by atoms with Crippen LogP contribution in [0.1, 0.15) is 59.3 Å². The SMILES string of the molecule is CC(C)(C)OC(=O)NC1([C@@H](O)CCN)CCCCC1. The number of nitrogens with two attached hydrogens (primary N) is 1. The Morgan fingerprint density at radius 2 is 1.95 bits per heavy atom. The molecule has 0 aromatic heterocycles. The number of ether oxygens (including phenoxy) is 1. The Morgan fingerprint density at radius 1 is 1.37 bits per heavy atom. The number of carbonyl (C=O) groups is 1. The van der Waals surface area contributed by atoms with Gasteiger partial charge in [0.05, 0.1) is 11.6 Å². The lowest BCUT2D eigenvalue weighted by Crippen LogP contribution is -2.58. The highest BCUT2D eigenvalue weighted by atomic mass is 16.6. The molecule has 5 heteroatoms. The number of aliphatic hydroxyl groups is 1. The number of hydrogen-bond donors (Lipinski definition) is 3. The number of alkyl carbamates (subject to hydrolysis) is 1. The fourth-order valence-electron chi connectivity index (χ4n) is 2.67. The summed E-state index contributed by atoms with van der Waals surface area (Å²) in [5, 5.41) is 13.2. The Labute approximate surface area is 115 Å².